The molecule has 0 saturated carbocycles. The van der Waals surface area contributed by atoms with Crippen molar-refractivity contribution in [2.75, 3.05) is 40.5 Å². The zero-order valence-electron chi connectivity index (χ0n) is 19.3. The lowest BCUT2D eigenvalue weighted by Gasteiger charge is -2.26. The Morgan fingerprint density at radius 1 is 1.03 bits per heavy atom. The van der Waals surface area contributed by atoms with E-state index in [0.29, 0.717) is 11.1 Å². The number of piperidine rings is 1. The highest BCUT2D eigenvalue weighted by atomic mass is 16.6. The number of rotatable bonds is 10. The number of esters is 1. The van der Waals surface area contributed by atoms with E-state index in [1.807, 2.05) is 4.90 Å². The van der Waals surface area contributed by atoms with E-state index >= 15 is 0 Å². The first-order valence-corrected chi connectivity index (χ1v) is 11.0. The monoisotopic (exact) mass is 472 g/mol. The zero-order valence-corrected chi connectivity index (χ0v) is 19.3. The molecule has 1 aliphatic heterocycles. The maximum atomic E-state index is 12.7. The van der Waals surface area contributed by atoms with Crippen LogP contribution in [-0.4, -0.2) is 62.2 Å². The highest BCUT2D eigenvalue weighted by molar-refractivity contribution is 5.95. The van der Waals surface area contributed by atoms with Crippen LogP contribution < -0.4 is 9.47 Å². The molecule has 1 aliphatic rings. The van der Waals surface area contributed by atoms with Crippen molar-refractivity contribution in [2.45, 2.75) is 25.9 Å². The second kappa shape index (κ2) is 12.0. The lowest BCUT2D eigenvalue weighted by molar-refractivity contribution is -0.385. The Morgan fingerprint density at radius 2 is 1.79 bits per heavy atom. The normalized spacial score (nSPS) is 13.3. The van der Waals surface area contributed by atoms with E-state index in [1.165, 1.54) is 20.3 Å². The van der Waals surface area contributed by atoms with Crippen LogP contribution in [-0.2, 0) is 16.1 Å². The Bertz CT molecular complexity index is 1030. The molecule has 0 spiro atoms. The molecule has 10 heteroatoms. The average Bonchev–Trinajstić information content (AvgIpc) is 2.87. The number of hydrogen-bond acceptors (Lipinski definition) is 8. The molecule has 0 bridgehead atoms. The minimum Gasteiger partial charge on any atom is -0.493 e. The Labute approximate surface area is 197 Å². The molecular formula is C24H28N2O8. The Morgan fingerprint density at radius 3 is 2.47 bits per heavy atom. The first kappa shape index (κ1) is 25.0. The van der Waals surface area contributed by atoms with E-state index in [1.54, 1.807) is 24.3 Å². The van der Waals surface area contributed by atoms with Crippen molar-refractivity contribution < 1.29 is 33.5 Å². The van der Waals surface area contributed by atoms with Crippen LogP contribution in [0.1, 0.15) is 45.5 Å². The highest BCUT2D eigenvalue weighted by Crippen LogP contribution is 2.35. The van der Waals surface area contributed by atoms with Gasteiger partial charge in [0.05, 0.1) is 24.7 Å². The summed E-state index contributed by atoms with van der Waals surface area (Å²) >= 11 is 0. The zero-order chi connectivity index (χ0) is 24.5. The lowest BCUT2D eigenvalue weighted by Crippen LogP contribution is -2.35. The number of benzene rings is 2. The molecule has 3 rings (SSSR count). The van der Waals surface area contributed by atoms with E-state index in [-0.39, 0.29) is 42.8 Å². The van der Waals surface area contributed by atoms with Gasteiger partial charge in [-0.25, -0.2) is 4.79 Å². The first-order valence-electron chi connectivity index (χ1n) is 11.0. The van der Waals surface area contributed by atoms with Gasteiger partial charge in [0, 0.05) is 31.8 Å². The number of ether oxygens (including phenoxy) is 4. The molecule has 2 aromatic rings. The summed E-state index contributed by atoms with van der Waals surface area (Å²) < 4.78 is 20.9. The standard InChI is InChI=1S/C24H28N2O8/c1-31-11-12-33-22-15-20(26(29)30)19(14-21(22)32-2)24(28)34-16-17-7-6-8-18(13-17)23(27)25-9-4-3-5-10-25/h6-8,13-15H,3-5,9-12,16H2,1-2H3. The number of methoxy groups -OCH3 is 2. The summed E-state index contributed by atoms with van der Waals surface area (Å²) in [6, 6.07) is 9.19. The topological polar surface area (TPSA) is 117 Å². The van der Waals surface area contributed by atoms with Crippen LogP contribution in [0.25, 0.3) is 0 Å². The molecular weight excluding hydrogens is 444 g/mol. The maximum Gasteiger partial charge on any atom is 0.345 e. The third-order valence-electron chi connectivity index (χ3n) is 5.43. The van der Waals surface area contributed by atoms with Crippen LogP contribution in [0.5, 0.6) is 11.5 Å². The molecule has 0 N–H and O–H groups in total. The Balaban J connectivity index is 1.74. The largest absolute Gasteiger partial charge is 0.493 e. The summed E-state index contributed by atoms with van der Waals surface area (Å²) in [4.78, 5) is 38.2. The second-order valence-corrected chi connectivity index (χ2v) is 7.75. The summed E-state index contributed by atoms with van der Waals surface area (Å²) in [6.07, 6.45) is 3.10. The molecule has 0 radical (unpaired) electrons. The molecule has 1 amide bonds. The van der Waals surface area contributed by atoms with Crippen LogP contribution in [0.3, 0.4) is 0 Å². The quantitative estimate of drug-likeness (QED) is 0.223. The minimum atomic E-state index is -0.888. The third-order valence-corrected chi connectivity index (χ3v) is 5.43. The molecule has 0 atom stereocenters. The summed E-state index contributed by atoms with van der Waals surface area (Å²) in [5, 5.41) is 11.6. The van der Waals surface area contributed by atoms with Crippen molar-refractivity contribution in [3.63, 3.8) is 0 Å². The minimum absolute atomic E-state index is 0.0580. The van der Waals surface area contributed by atoms with Gasteiger partial charge in [0.1, 0.15) is 18.8 Å². The fourth-order valence-corrected chi connectivity index (χ4v) is 3.67. The predicted molar refractivity (Wildman–Crippen MR) is 122 cm³/mol. The van der Waals surface area contributed by atoms with E-state index in [4.69, 9.17) is 18.9 Å². The molecule has 0 aliphatic carbocycles. The van der Waals surface area contributed by atoms with E-state index < -0.39 is 16.6 Å². The number of nitrogens with zero attached hydrogens (tertiary/aromatic N) is 2. The lowest BCUT2D eigenvalue weighted by atomic mass is 10.1. The molecule has 182 valence electrons. The Hall–Kier alpha value is -3.66. The van der Waals surface area contributed by atoms with Gasteiger partial charge >= 0.3 is 5.97 Å². The summed E-state index contributed by atoms with van der Waals surface area (Å²) in [5.41, 5.74) is 0.389. The van der Waals surface area contributed by atoms with E-state index in [2.05, 4.69) is 0 Å². The number of hydrogen-bond donors (Lipinski definition) is 0. The number of likely N-dealkylation sites (tertiary alicyclic amines) is 1. The SMILES string of the molecule is COCCOc1cc([N+](=O)[O-])c(C(=O)OCc2cccc(C(=O)N3CCCCC3)c2)cc1OC. The van der Waals surface area contributed by atoms with Gasteiger partial charge in [-0.3, -0.25) is 14.9 Å². The van der Waals surface area contributed by atoms with Crippen LogP contribution >= 0.6 is 0 Å². The number of nitro groups is 1. The molecule has 1 heterocycles. The Kier molecular flexibility index (Phi) is 8.80. The molecule has 2 aromatic carbocycles. The van der Waals surface area contributed by atoms with Gasteiger partial charge in [-0.15, -0.1) is 0 Å². The van der Waals surface area contributed by atoms with Crippen LogP contribution in [0.2, 0.25) is 0 Å². The van der Waals surface area contributed by atoms with Crippen LogP contribution in [0.4, 0.5) is 5.69 Å². The van der Waals surface area contributed by atoms with Gasteiger partial charge in [-0.05, 0) is 37.0 Å². The van der Waals surface area contributed by atoms with Crippen molar-refractivity contribution in [1.82, 2.24) is 4.90 Å². The van der Waals surface area contributed by atoms with Gasteiger partial charge in [-0.1, -0.05) is 12.1 Å². The highest BCUT2D eigenvalue weighted by Gasteiger charge is 2.26. The van der Waals surface area contributed by atoms with Crippen molar-refractivity contribution in [1.29, 1.82) is 0 Å². The third kappa shape index (κ3) is 6.22. The van der Waals surface area contributed by atoms with Gasteiger partial charge in [-0.2, -0.15) is 0 Å². The molecule has 1 saturated heterocycles. The smallest absolute Gasteiger partial charge is 0.345 e. The van der Waals surface area contributed by atoms with Gasteiger partial charge < -0.3 is 23.8 Å². The molecule has 34 heavy (non-hydrogen) atoms. The number of carbonyl (C=O) groups excluding carboxylic acids is 2. The summed E-state index contributed by atoms with van der Waals surface area (Å²) in [6.45, 7) is 1.75. The van der Waals surface area contributed by atoms with E-state index in [0.717, 1.165) is 38.4 Å². The van der Waals surface area contributed by atoms with Gasteiger partial charge in [0.2, 0.25) is 0 Å². The molecule has 0 aromatic heterocycles. The second-order valence-electron chi connectivity index (χ2n) is 7.75. The van der Waals surface area contributed by atoms with Crippen molar-refractivity contribution in [3.05, 3.63) is 63.2 Å². The maximum absolute atomic E-state index is 12.7. The summed E-state index contributed by atoms with van der Waals surface area (Å²) in [5.74, 6) is -0.673. The average molecular weight is 472 g/mol. The van der Waals surface area contributed by atoms with E-state index in [9.17, 15) is 19.7 Å². The van der Waals surface area contributed by atoms with Crippen molar-refractivity contribution >= 4 is 17.6 Å². The number of carbonyl (C=O) groups is 2. The number of nitro benzene ring substituents is 1. The van der Waals surface area contributed by atoms with Gasteiger partial charge in [0.15, 0.2) is 11.5 Å². The predicted octanol–water partition coefficient (Wildman–Crippen LogP) is 3.61. The fourth-order valence-electron chi connectivity index (χ4n) is 3.67. The first-order chi connectivity index (χ1) is 16.4. The van der Waals surface area contributed by atoms with Crippen molar-refractivity contribution in [3.8, 4) is 11.5 Å². The van der Waals surface area contributed by atoms with Crippen molar-refractivity contribution in [2.24, 2.45) is 0 Å². The van der Waals surface area contributed by atoms with Gasteiger partial charge in [0.25, 0.3) is 11.6 Å². The number of amides is 1. The molecule has 10 nitrogen and oxygen atoms in total. The fraction of sp³-hybridized carbons (Fsp3) is 0.417. The van der Waals surface area contributed by atoms with Crippen LogP contribution in [0.15, 0.2) is 36.4 Å². The molecule has 0 unspecified atom stereocenters. The summed E-state index contributed by atoms with van der Waals surface area (Å²) in [7, 11) is 2.87. The molecule has 1 fully saturated rings. The van der Waals surface area contributed by atoms with Crippen LogP contribution in [0, 0.1) is 10.1 Å².